The molecule has 1 rings (SSSR count). The van der Waals surface area contributed by atoms with Crippen molar-refractivity contribution in [3.63, 3.8) is 0 Å². The van der Waals surface area contributed by atoms with Crippen molar-refractivity contribution in [2.75, 3.05) is 5.32 Å². The van der Waals surface area contributed by atoms with E-state index in [2.05, 4.69) is 15.3 Å². The summed E-state index contributed by atoms with van der Waals surface area (Å²) in [6, 6.07) is 6.79. The van der Waals surface area contributed by atoms with Gasteiger partial charge in [0.1, 0.15) is 0 Å². The summed E-state index contributed by atoms with van der Waals surface area (Å²) in [5, 5.41) is 5.98. The second-order valence-corrected chi connectivity index (χ2v) is 2.39. The lowest BCUT2D eigenvalue weighted by Gasteiger charge is -2.03. The third-order valence-corrected chi connectivity index (χ3v) is 1.37. The summed E-state index contributed by atoms with van der Waals surface area (Å²) in [7, 11) is 0. The molecule has 0 saturated carbocycles. The molecule has 0 saturated heterocycles. The molecule has 0 spiro atoms. The lowest BCUT2D eigenvalue weighted by atomic mass is 10.3. The first-order valence-corrected chi connectivity index (χ1v) is 3.66. The number of para-hydroxylation sites is 1. The highest BCUT2D eigenvalue weighted by Gasteiger charge is 1.99. The largest absolute Gasteiger partial charge is 0.326 e. The third-order valence-electron chi connectivity index (χ3n) is 1.37. The first-order chi connectivity index (χ1) is 6.24. The van der Waals surface area contributed by atoms with Crippen LogP contribution in [0.4, 0.5) is 11.4 Å². The molecule has 0 unspecified atom stereocenters. The van der Waals surface area contributed by atoms with Crippen molar-refractivity contribution in [2.45, 2.75) is 6.92 Å². The van der Waals surface area contributed by atoms with Crippen LogP contribution in [0.5, 0.6) is 0 Å². The fourth-order valence-electron chi connectivity index (χ4n) is 0.904. The van der Waals surface area contributed by atoms with Crippen molar-refractivity contribution < 1.29 is 4.79 Å². The van der Waals surface area contributed by atoms with E-state index in [0.717, 1.165) is 0 Å². The smallest absolute Gasteiger partial charge is 0.221 e. The molecule has 0 atom stereocenters. The molecule has 5 heteroatoms. The van der Waals surface area contributed by atoms with E-state index < -0.39 is 0 Å². The van der Waals surface area contributed by atoms with Crippen molar-refractivity contribution in [2.24, 2.45) is 5.11 Å². The van der Waals surface area contributed by atoms with E-state index in [0.29, 0.717) is 11.4 Å². The molecule has 66 valence electrons. The predicted molar refractivity (Wildman–Crippen MR) is 49.6 cm³/mol. The van der Waals surface area contributed by atoms with Gasteiger partial charge in [-0.05, 0) is 11.6 Å². The lowest BCUT2D eigenvalue weighted by Crippen LogP contribution is -2.05. The minimum absolute atomic E-state index is 0.194. The normalized spacial score (nSPS) is 8.69. The number of amides is 1. The van der Waals surface area contributed by atoms with Crippen LogP contribution in [0.2, 0.25) is 0 Å². The zero-order valence-corrected chi connectivity index (χ0v) is 7.06. The van der Waals surface area contributed by atoms with E-state index in [1.807, 2.05) is 0 Å². The SMILES string of the molecule is CC(=O)Nc1ccccc1N=[N+]=[N-]. The molecule has 0 aromatic heterocycles. The molecule has 13 heavy (non-hydrogen) atoms. The lowest BCUT2D eigenvalue weighted by molar-refractivity contribution is -0.114. The first kappa shape index (κ1) is 9.09. The minimum Gasteiger partial charge on any atom is -0.326 e. The van der Waals surface area contributed by atoms with Gasteiger partial charge in [-0.25, -0.2) is 0 Å². The van der Waals surface area contributed by atoms with Crippen LogP contribution in [0.1, 0.15) is 6.92 Å². The zero-order chi connectivity index (χ0) is 9.68. The van der Waals surface area contributed by atoms with Crippen LogP contribution in [-0.2, 0) is 4.79 Å². The summed E-state index contributed by atoms with van der Waals surface area (Å²) in [6.07, 6.45) is 0. The average molecular weight is 176 g/mol. The van der Waals surface area contributed by atoms with Gasteiger partial charge in [-0.15, -0.1) is 0 Å². The number of benzene rings is 1. The molecule has 0 fully saturated rings. The van der Waals surface area contributed by atoms with Crippen molar-refractivity contribution in [1.82, 2.24) is 0 Å². The molecule has 1 aromatic rings. The van der Waals surface area contributed by atoms with Crippen LogP contribution >= 0.6 is 0 Å². The summed E-state index contributed by atoms with van der Waals surface area (Å²) in [4.78, 5) is 13.4. The fraction of sp³-hybridized carbons (Fsp3) is 0.125. The Kier molecular flexibility index (Phi) is 2.89. The Balaban J connectivity index is 3.04. The highest BCUT2D eigenvalue weighted by atomic mass is 16.1. The Labute approximate surface area is 75.0 Å². The predicted octanol–water partition coefficient (Wildman–Crippen LogP) is 2.59. The maximum Gasteiger partial charge on any atom is 0.221 e. The van der Waals surface area contributed by atoms with Crippen LogP contribution < -0.4 is 5.32 Å². The molecule has 1 amide bonds. The van der Waals surface area contributed by atoms with Crippen LogP contribution in [0, 0.1) is 0 Å². The molecule has 0 heterocycles. The van der Waals surface area contributed by atoms with E-state index >= 15 is 0 Å². The minimum atomic E-state index is -0.194. The number of carbonyl (C=O) groups excluding carboxylic acids is 1. The number of rotatable bonds is 2. The molecular formula is C8H8N4O. The zero-order valence-electron chi connectivity index (χ0n) is 7.06. The number of nitrogens with zero attached hydrogens (tertiary/aromatic N) is 3. The Morgan fingerprint density at radius 1 is 1.54 bits per heavy atom. The van der Waals surface area contributed by atoms with Crippen molar-refractivity contribution in [3.05, 3.63) is 34.7 Å². The number of anilines is 1. The van der Waals surface area contributed by atoms with Gasteiger partial charge < -0.3 is 5.32 Å². The molecule has 1 aromatic carbocycles. The van der Waals surface area contributed by atoms with Crippen LogP contribution in [0.15, 0.2) is 29.4 Å². The van der Waals surface area contributed by atoms with E-state index in [4.69, 9.17) is 5.53 Å². The number of azide groups is 1. The fourth-order valence-corrected chi connectivity index (χ4v) is 0.904. The number of carbonyl (C=O) groups is 1. The first-order valence-electron chi connectivity index (χ1n) is 3.66. The van der Waals surface area contributed by atoms with E-state index in [1.165, 1.54) is 6.92 Å². The Bertz CT molecular complexity index is 368. The second kappa shape index (κ2) is 4.13. The quantitative estimate of drug-likeness (QED) is 0.419. The van der Waals surface area contributed by atoms with Gasteiger partial charge in [-0.3, -0.25) is 4.79 Å². The Hall–Kier alpha value is -2.00. The van der Waals surface area contributed by atoms with Crippen molar-refractivity contribution >= 4 is 17.3 Å². The molecule has 0 bridgehead atoms. The van der Waals surface area contributed by atoms with Gasteiger partial charge in [0.25, 0.3) is 0 Å². The molecule has 0 aliphatic heterocycles. The third kappa shape index (κ3) is 2.50. The monoisotopic (exact) mass is 176 g/mol. The maximum atomic E-state index is 10.7. The molecule has 5 nitrogen and oxygen atoms in total. The molecule has 0 aliphatic carbocycles. The second-order valence-electron chi connectivity index (χ2n) is 2.39. The Morgan fingerprint density at radius 3 is 2.85 bits per heavy atom. The van der Waals surface area contributed by atoms with E-state index in [1.54, 1.807) is 24.3 Å². The maximum absolute atomic E-state index is 10.7. The van der Waals surface area contributed by atoms with Gasteiger partial charge in [0.15, 0.2) is 0 Å². The van der Waals surface area contributed by atoms with E-state index in [-0.39, 0.29) is 5.91 Å². The van der Waals surface area contributed by atoms with Gasteiger partial charge in [0.05, 0.1) is 11.4 Å². The summed E-state index contributed by atoms with van der Waals surface area (Å²) in [5.74, 6) is -0.194. The summed E-state index contributed by atoms with van der Waals surface area (Å²) < 4.78 is 0. The van der Waals surface area contributed by atoms with Crippen LogP contribution in [-0.4, -0.2) is 5.91 Å². The number of hydrogen-bond acceptors (Lipinski definition) is 2. The van der Waals surface area contributed by atoms with Crippen molar-refractivity contribution in [1.29, 1.82) is 0 Å². The standard InChI is InChI=1S/C8H8N4O/c1-6(13)10-7-4-2-3-5-8(7)11-12-9/h2-5H,1H3,(H,10,13). The summed E-state index contributed by atoms with van der Waals surface area (Å²) in [5.41, 5.74) is 9.16. The molecular weight excluding hydrogens is 168 g/mol. The molecule has 1 N–H and O–H groups in total. The van der Waals surface area contributed by atoms with Gasteiger partial charge in [0.2, 0.25) is 5.91 Å². The highest BCUT2D eigenvalue weighted by Crippen LogP contribution is 2.23. The van der Waals surface area contributed by atoms with Gasteiger partial charge >= 0.3 is 0 Å². The average Bonchev–Trinajstić information content (AvgIpc) is 2.08. The topological polar surface area (TPSA) is 77.9 Å². The van der Waals surface area contributed by atoms with Crippen LogP contribution in [0.3, 0.4) is 0 Å². The summed E-state index contributed by atoms with van der Waals surface area (Å²) >= 11 is 0. The summed E-state index contributed by atoms with van der Waals surface area (Å²) in [6.45, 7) is 1.40. The Morgan fingerprint density at radius 2 is 2.23 bits per heavy atom. The van der Waals surface area contributed by atoms with E-state index in [9.17, 15) is 4.79 Å². The van der Waals surface area contributed by atoms with Gasteiger partial charge in [-0.1, -0.05) is 23.3 Å². The molecule has 0 radical (unpaired) electrons. The number of nitrogens with one attached hydrogen (secondary N) is 1. The highest BCUT2D eigenvalue weighted by molar-refractivity contribution is 5.91. The molecule has 0 aliphatic rings. The van der Waals surface area contributed by atoms with Gasteiger partial charge in [-0.2, -0.15) is 0 Å². The van der Waals surface area contributed by atoms with Crippen molar-refractivity contribution in [3.8, 4) is 0 Å². The number of hydrogen-bond donors (Lipinski definition) is 1. The van der Waals surface area contributed by atoms with Crippen LogP contribution in [0.25, 0.3) is 10.4 Å². The van der Waals surface area contributed by atoms with Gasteiger partial charge in [0, 0.05) is 11.8 Å².